The van der Waals surface area contributed by atoms with Crippen molar-refractivity contribution in [2.24, 2.45) is 349 Å². The van der Waals surface area contributed by atoms with Crippen molar-refractivity contribution < 1.29 is 9.53 Å². The molecule has 32 saturated carbocycles. The molecule has 0 bridgehead atoms. The Bertz CT molecular complexity index is 3370. The fraction of sp³-hybridized carbons (Fsp3) is 0.905. The van der Waals surface area contributed by atoms with E-state index in [-0.39, 0.29) is 5.97 Å². The first-order chi connectivity index (χ1) is 38.3. The van der Waals surface area contributed by atoms with E-state index in [0.29, 0.717) is 11.0 Å². The number of hydrogen-bond acceptors (Lipinski definition) is 3. The highest BCUT2D eigenvalue weighted by atomic mass is 16.5. The molecule has 0 N–H and O–H groups in total. The fourth-order valence-corrected chi connectivity index (χ4v) is 50.0. The summed E-state index contributed by atoms with van der Waals surface area (Å²) in [5.74, 6) is 68.7. The quantitative estimate of drug-likeness (QED) is 0.282. The number of nitrogens with zero attached hydrogens (tertiary/aromatic N) is 1. The molecular weight excluding hydrogens is 935 g/mol. The van der Waals surface area contributed by atoms with Crippen LogP contribution in [0.15, 0.2) is 24.3 Å². The molecule has 1 aromatic rings. The molecule has 34 rings (SSSR count). The van der Waals surface area contributed by atoms with Gasteiger partial charge < -0.3 is 4.74 Å². The molecule has 1 heterocycles. The maximum atomic E-state index is 14.0. The van der Waals surface area contributed by atoms with Crippen molar-refractivity contribution in [3.05, 3.63) is 35.4 Å². The van der Waals surface area contributed by atoms with Gasteiger partial charge in [-0.15, -0.1) is 0 Å². The minimum absolute atomic E-state index is 0.0573. The summed E-state index contributed by atoms with van der Waals surface area (Å²) >= 11 is 0. The average molecular weight is 1010 g/mol. The van der Waals surface area contributed by atoms with Gasteiger partial charge >= 0.3 is 5.97 Å². The van der Waals surface area contributed by atoms with Gasteiger partial charge in [-0.25, -0.2) is 4.79 Å². The molecule has 0 radical (unpaired) electrons. The summed E-state index contributed by atoms with van der Waals surface area (Å²) in [6.45, 7) is 3.06. The second-order valence-electron chi connectivity index (χ2n) is 39.6. The Labute approximate surface area is 453 Å². The lowest BCUT2D eigenvalue weighted by atomic mass is 9.33. The van der Waals surface area contributed by atoms with Gasteiger partial charge in [-0.05, 0) is 399 Å². The van der Waals surface area contributed by atoms with Crippen molar-refractivity contribution in [1.82, 2.24) is 4.90 Å². The summed E-state index contributed by atoms with van der Waals surface area (Å²) in [6, 6.07) is 9.80. The molecule has 0 aromatic heterocycles. The second-order valence-corrected chi connectivity index (χ2v) is 39.6. The highest BCUT2D eigenvalue weighted by Gasteiger charge is 3.05. The van der Waals surface area contributed by atoms with E-state index in [4.69, 9.17) is 4.74 Å². The topological polar surface area (TPSA) is 29.5 Å². The van der Waals surface area contributed by atoms with Crippen LogP contribution >= 0.6 is 0 Å². The van der Waals surface area contributed by atoms with Crippen molar-refractivity contribution in [3.63, 3.8) is 0 Å². The first-order valence-electron chi connectivity index (χ1n) is 36.2. The first-order valence-corrected chi connectivity index (χ1v) is 36.2. The van der Waals surface area contributed by atoms with Crippen LogP contribution in [0.5, 0.6) is 0 Å². The molecular formula is C74H77NO2. The lowest BCUT2D eigenvalue weighted by molar-refractivity contribution is -0.263. The van der Waals surface area contributed by atoms with Gasteiger partial charge in [0.05, 0.1) is 12.7 Å². The van der Waals surface area contributed by atoms with E-state index in [1.54, 1.807) is 31.9 Å². The molecule has 3 heteroatoms. The molecule has 32 aliphatic carbocycles. The Morgan fingerprint density at radius 3 is 1.01 bits per heavy atom. The van der Waals surface area contributed by atoms with E-state index in [1.807, 2.05) is 0 Å². The molecule has 60 atom stereocenters. The van der Waals surface area contributed by atoms with Gasteiger partial charge in [0.15, 0.2) is 0 Å². The maximum absolute atomic E-state index is 14.0. The third-order valence-electron chi connectivity index (χ3n) is 44.2. The second kappa shape index (κ2) is 9.39. The zero-order valence-electron chi connectivity index (χ0n) is 44.8. The highest BCUT2D eigenvalue weighted by Crippen LogP contribution is 3.07. The summed E-state index contributed by atoms with van der Waals surface area (Å²) in [5.41, 5.74) is 3.60. The number of benzene rings is 1. The predicted molar refractivity (Wildman–Crippen MR) is 274 cm³/mol. The molecule has 390 valence electrons. The van der Waals surface area contributed by atoms with Crippen molar-refractivity contribution in [1.29, 1.82) is 0 Å². The van der Waals surface area contributed by atoms with Gasteiger partial charge in [0, 0.05) is 5.54 Å². The van der Waals surface area contributed by atoms with E-state index < -0.39 is 0 Å². The van der Waals surface area contributed by atoms with Crippen molar-refractivity contribution in [3.8, 4) is 0 Å². The van der Waals surface area contributed by atoms with E-state index in [2.05, 4.69) is 29.2 Å². The maximum Gasteiger partial charge on any atom is 0.337 e. The standard InChI is InChI=1S/C74H77NO2/c1-77-72(76)13-7-5-6-12(10-13)11-73-66-58-49-42-29-22-16-17-19-15-14-18(16)27(29)33-31-20(14)24-21(15)32-34-28(19)30-23(17)26-25(22)36-44-37(26)46-43(30)50-48(34)52-39(32)41-35(24)40-38(31)51(47(33)49)62(66)64-53(40)54(41)65-63(52)67-59(50)56(46)61-57(44)60(55(58)45(36)42)68(73)70(61)74(67,71(65)69(64)73)75-8-3-2-4-9-75/h5-7,10,14-71H,2-4,8-9,11H2,1H3. The number of likely N-dealkylation sites (tertiary alicyclic amines) is 1. The number of hydrogen-bond donors (Lipinski definition) is 0. The van der Waals surface area contributed by atoms with Crippen LogP contribution in [0, 0.1) is 349 Å². The first kappa shape index (κ1) is 36.4. The number of esters is 1. The van der Waals surface area contributed by atoms with Crippen molar-refractivity contribution in [2.45, 2.75) is 31.2 Å². The monoisotopic (exact) mass is 1010 g/mol. The fourth-order valence-electron chi connectivity index (χ4n) is 50.0. The summed E-state index contributed by atoms with van der Waals surface area (Å²) in [6.07, 6.45) is 6.05. The third-order valence-corrected chi connectivity index (χ3v) is 44.2. The largest absolute Gasteiger partial charge is 0.465 e. The summed E-state index contributed by atoms with van der Waals surface area (Å²) in [4.78, 5) is 17.7. The highest BCUT2D eigenvalue weighted by molar-refractivity contribution is 5.89. The molecule has 3 nitrogen and oxygen atoms in total. The average Bonchev–Trinajstić information content (AvgIpc) is 1.69. The van der Waals surface area contributed by atoms with E-state index in [0.717, 1.165) is 106 Å². The number of carbonyl (C=O) groups excluding carboxylic acids is 1. The lowest BCUT2D eigenvalue weighted by Crippen LogP contribution is -2.77. The van der Waals surface area contributed by atoms with Gasteiger partial charge in [0.25, 0.3) is 0 Å². The Hall–Kier alpha value is -1.35. The molecule has 77 heavy (non-hydrogen) atoms. The van der Waals surface area contributed by atoms with E-state index >= 15 is 0 Å². The van der Waals surface area contributed by atoms with Gasteiger partial charge in [0.1, 0.15) is 0 Å². The molecule has 0 amide bonds. The third kappa shape index (κ3) is 2.39. The van der Waals surface area contributed by atoms with Crippen molar-refractivity contribution >= 4 is 5.97 Å². The molecule has 1 aromatic carbocycles. The minimum Gasteiger partial charge on any atom is -0.465 e. The van der Waals surface area contributed by atoms with Crippen LogP contribution in [0.2, 0.25) is 0 Å². The molecule has 0 spiro atoms. The van der Waals surface area contributed by atoms with Crippen LogP contribution in [-0.4, -0.2) is 36.6 Å². The molecule has 1 saturated heterocycles. The van der Waals surface area contributed by atoms with E-state index in [1.165, 1.54) is 262 Å². The van der Waals surface area contributed by atoms with Crippen LogP contribution in [-0.2, 0) is 11.2 Å². The SMILES string of the molecule is COC(=O)c1cccc(CC23C4C5C6C7C8C9C%10C%11C%12C%13C%14C%10C%10C%15C9C9C7C5C5C7C9C%15C9C%15C%10C%14C%10C%14C%13C%13C%12C%12C(C%118)C6C6C%12C8C%13C%11C%14C%12C%10C%15C%10C9C7C(C52)C2(N5CCCCC5)C%10C%12C5C%11C8C(C64)C3C52)c1. The summed E-state index contributed by atoms with van der Waals surface area (Å²) in [5, 5.41) is 0. The number of rotatable bonds is 4. The van der Waals surface area contributed by atoms with Gasteiger partial charge in [-0.2, -0.15) is 0 Å². The van der Waals surface area contributed by atoms with Crippen LogP contribution in [0.1, 0.15) is 35.2 Å². The summed E-state index contributed by atoms with van der Waals surface area (Å²) in [7, 11) is 1.68. The number of piperidine rings is 1. The normalized spacial score (nSPS) is 90.0. The lowest BCUT2D eigenvalue weighted by Gasteiger charge is -2.74. The zero-order chi connectivity index (χ0) is 46.6. The molecule has 60 unspecified atom stereocenters. The predicted octanol–water partition coefficient (Wildman–Crippen LogP) is 9.39. The molecule has 1 aliphatic heterocycles. The van der Waals surface area contributed by atoms with Crippen LogP contribution in [0.25, 0.3) is 0 Å². The Morgan fingerprint density at radius 1 is 0.364 bits per heavy atom. The number of carbonyl (C=O) groups is 1. The number of methoxy groups -OCH3 is 1. The van der Waals surface area contributed by atoms with Crippen molar-refractivity contribution in [2.75, 3.05) is 20.2 Å². The van der Waals surface area contributed by atoms with Gasteiger partial charge in [0.2, 0.25) is 0 Å². The minimum atomic E-state index is -0.0573. The summed E-state index contributed by atoms with van der Waals surface area (Å²) < 4.78 is 5.71. The van der Waals surface area contributed by atoms with Gasteiger partial charge in [-0.3, -0.25) is 4.90 Å². The van der Waals surface area contributed by atoms with Crippen LogP contribution in [0.3, 0.4) is 0 Å². The molecule has 33 fully saturated rings. The van der Waals surface area contributed by atoms with E-state index in [9.17, 15) is 4.79 Å². The van der Waals surface area contributed by atoms with Crippen LogP contribution < -0.4 is 0 Å². The van der Waals surface area contributed by atoms with Crippen LogP contribution in [0.4, 0.5) is 0 Å². The molecule has 33 aliphatic rings. The Morgan fingerprint density at radius 2 is 0.636 bits per heavy atom. The smallest absolute Gasteiger partial charge is 0.337 e. The zero-order valence-corrected chi connectivity index (χ0v) is 44.8. The van der Waals surface area contributed by atoms with Gasteiger partial charge in [-0.1, -0.05) is 18.6 Å². The Balaban J connectivity index is 0.822. The Kier molecular flexibility index (Phi) is 4.44. The number of ether oxygens (including phenoxy) is 1.